The Morgan fingerprint density at radius 3 is 2.84 bits per heavy atom. The van der Waals surface area contributed by atoms with Crippen LogP contribution in [0.1, 0.15) is 42.1 Å². The molecule has 104 valence electrons. The summed E-state index contributed by atoms with van der Waals surface area (Å²) < 4.78 is 5.65. The van der Waals surface area contributed by atoms with Crippen molar-refractivity contribution in [2.75, 3.05) is 7.11 Å². The molecule has 0 saturated heterocycles. The van der Waals surface area contributed by atoms with Gasteiger partial charge in [-0.3, -0.25) is 0 Å². The third kappa shape index (κ3) is 4.32. The highest BCUT2D eigenvalue weighted by molar-refractivity contribution is 9.10. The first-order valence-corrected chi connectivity index (χ1v) is 7.49. The van der Waals surface area contributed by atoms with Crippen LogP contribution in [0, 0.1) is 5.92 Å². The maximum atomic E-state index is 11.4. The SMILES string of the molecule is COC(=O)c1ccc(CNC(C)CC2CC2)c(Br)c1. The lowest BCUT2D eigenvalue weighted by Crippen LogP contribution is -2.26. The number of hydrogen-bond acceptors (Lipinski definition) is 3. The first-order valence-electron chi connectivity index (χ1n) is 6.70. The van der Waals surface area contributed by atoms with E-state index in [4.69, 9.17) is 4.74 Å². The minimum atomic E-state index is -0.303. The van der Waals surface area contributed by atoms with Crippen LogP contribution in [0.4, 0.5) is 0 Å². The highest BCUT2D eigenvalue weighted by Crippen LogP contribution is 2.33. The fourth-order valence-corrected chi connectivity index (χ4v) is 2.68. The molecule has 19 heavy (non-hydrogen) atoms. The number of esters is 1. The van der Waals surface area contributed by atoms with Gasteiger partial charge in [-0.2, -0.15) is 0 Å². The van der Waals surface area contributed by atoms with Crippen molar-refractivity contribution >= 4 is 21.9 Å². The number of carbonyl (C=O) groups excluding carboxylic acids is 1. The van der Waals surface area contributed by atoms with Gasteiger partial charge in [0.05, 0.1) is 12.7 Å². The van der Waals surface area contributed by atoms with Crippen LogP contribution in [0.25, 0.3) is 0 Å². The molecule has 0 bridgehead atoms. The smallest absolute Gasteiger partial charge is 0.337 e. The number of benzene rings is 1. The third-order valence-corrected chi connectivity index (χ3v) is 4.24. The molecule has 1 saturated carbocycles. The van der Waals surface area contributed by atoms with Gasteiger partial charge in [-0.15, -0.1) is 0 Å². The van der Waals surface area contributed by atoms with Crippen LogP contribution in [-0.2, 0) is 11.3 Å². The van der Waals surface area contributed by atoms with E-state index in [2.05, 4.69) is 28.2 Å². The van der Waals surface area contributed by atoms with Crippen LogP contribution in [0.15, 0.2) is 22.7 Å². The first kappa shape index (κ1) is 14.5. The molecule has 3 nitrogen and oxygen atoms in total. The molecule has 1 aliphatic rings. The van der Waals surface area contributed by atoms with E-state index >= 15 is 0 Å². The number of ether oxygens (including phenoxy) is 1. The van der Waals surface area contributed by atoms with Crippen molar-refractivity contribution in [2.45, 2.75) is 38.8 Å². The lowest BCUT2D eigenvalue weighted by molar-refractivity contribution is 0.0600. The molecule has 4 heteroatoms. The molecular formula is C15H20BrNO2. The Morgan fingerprint density at radius 1 is 1.53 bits per heavy atom. The van der Waals surface area contributed by atoms with Crippen LogP contribution in [-0.4, -0.2) is 19.1 Å². The van der Waals surface area contributed by atoms with Crippen LogP contribution in [0.2, 0.25) is 0 Å². The van der Waals surface area contributed by atoms with Crippen molar-refractivity contribution in [1.29, 1.82) is 0 Å². The average Bonchev–Trinajstić information content (AvgIpc) is 3.20. The minimum absolute atomic E-state index is 0.303. The van der Waals surface area contributed by atoms with E-state index in [0.29, 0.717) is 11.6 Å². The van der Waals surface area contributed by atoms with Crippen molar-refractivity contribution in [2.24, 2.45) is 5.92 Å². The van der Waals surface area contributed by atoms with Crippen molar-refractivity contribution in [3.05, 3.63) is 33.8 Å². The Labute approximate surface area is 122 Å². The van der Waals surface area contributed by atoms with Crippen molar-refractivity contribution in [3.63, 3.8) is 0 Å². The second kappa shape index (κ2) is 6.53. The number of nitrogens with one attached hydrogen (secondary N) is 1. The zero-order chi connectivity index (χ0) is 13.8. The third-order valence-electron chi connectivity index (χ3n) is 3.50. The summed E-state index contributed by atoms with van der Waals surface area (Å²) in [5.74, 6) is 0.634. The van der Waals surface area contributed by atoms with Gasteiger partial charge in [-0.05, 0) is 37.0 Å². The molecule has 0 aliphatic heterocycles. The lowest BCUT2D eigenvalue weighted by Gasteiger charge is -2.14. The first-order chi connectivity index (χ1) is 9.10. The van der Waals surface area contributed by atoms with E-state index in [1.807, 2.05) is 12.1 Å². The maximum Gasteiger partial charge on any atom is 0.337 e. The van der Waals surface area contributed by atoms with Crippen LogP contribution in [0.3, 0.4) is 0 Å². The molecule has 0 heterocycles. The molecule has 0 spiro atoms. The van der Waals surface area contributed by atoms with Gasteiger partial charge in [0.2, 0.25) is 0 Å². The maximum absolute atomic E-state index is 11.4. The molecule has 1 aromatic carbocycles. The Balaban J connectivity index is 1.90. The average molecular weight is 326 g/mol. The predicted molar refractivity (Wildman–Crippen MR) is 79.1 cm³/mol. The standard InChI is InChI=1S/C15H20BrNO2/c1-10(7-11-3-4-11)17-9-13-6-5-12(8-14(13)16)15(18)19-2/h5-6,8,10-11,17H,3-4,7,9H2,1-2H3. The zero-order valence-electron chi connectivity index (χ0n) is 11.4. The fourth-order valence-electron chi connectivity index (χ4n) is 2.16. The number of rotatable bonds is 6. The van der Waals surface area contributed by atoms with Gasteiger partial charge in [0.1, 0.15) is 0 Å². The second-order valence-corrected chi connectivity index (χ2v) is 6.11. The quantitative estimate of drug-likeness (QED) is 0.813. The van der Waals surface area contributed by atoms with Gasteiger partial charge in [-0.25, -0.2) is 4.79 Å². The molecule has 0 amide bonds. The summed E-state index contributed by atoms with van der Waals surface area (Å²) in [5, 5.41) is 3.53. The highest BCUT2D eigenvalue weighted by atomic mass is 79.9. The molecule has 1 N–H and O–H groups in total. The Hall–Kier alpha value is -0.870. The van der Waals surface area contributed by atoms with Gasteiger partial charge in [-0.1, -0.05) is 34.8 Å². The summed E-state index contributed by atoms with van der Waals surface area (Å²) in [7, 11) is 1.39. The summed E-state index contributed by atoms with van der Waals surface area (Å²) in [4.78, 5) is 11.4. The van der Waals surface area contributed by atoms with Crippen molar-refractivity contribution in [3.8, 4) is 0 Å². The summed E-state index contributed by atoms with van der Waals surface area (Å²) in [6, 6.07) is 6.13. The number of methoxy groups -OCH3 is 1. The second-order valence-electron chi connectivity index (χ2n) is 5.26. The van der Waals surface area contributed by atoms with E-state index in [9.17, 15) is 4.79 Å². The van der Waals surface area contributed by atoms with Crippen LogP contribution >= 0.6 is 15.9 Å². The summed E-state index contributed by atoms with van der Waals surface area (Å²) >= 11 is 3.51. The lowest BCUT2D eigenvalue weighted by atomic mass is 10.1. The largest absolute Gasteiger partial charge is 0.465 e. The summed E-state index contributed by atoms with van der Waals surface area (Å²) in [6.45, 7) is 3.05. The zero-order valence-corrected chi connectivity index (χ0v) is 13.0. The Bertz CT molecular complexity index is 457. The number of carbonyl (C=O) groups is 1. The molecule has 1 atom stereocenters. The van der Waals surface area contributed by atoms with E-state index < -0.39 is 0 Å². The van der Waals surface area contributed by atoms with E-state index in [1.54, 1.807) is 6.07 Å². The fraction of sp³-hybridized carbons (Fsp3) is 0.533. The molecular weight excluding hydrogens is 306 g/mol. The molecule has 1 aliphatic carbocycles. The predicted octanol–water partition coefficient (Wildman–Crippen LogP) is 3.51. The normalized spacial score (nSPS) is 16.2. The van der Waals surface area contributed by atoms with E-state index in [0.717, 1.165) is 22.5 Å². The van der Waals surface area contributed by atoms with Gasteiger partial charge < -0.3 is 10.1 Å². The number of halogens is 1. The molecule has 1 unspecified atom stereocenters. The highest BCUT2D eigenvalue weighted by Gasteiger charge is 2.23. The molecule has 2 rings (SSSR count). The van der Waals surface area contributed by atoms with Gasteiger partial charge in [0.15, 0.2) is 0 Å². The summed E-state index contributed by atoms with van der Waals surface area (Å²) in [6.07, 6.45) is 4.05. The van der Waals surface area contributed by atoms with Gasteiger partial charge >= 0.3 is 5.97 Å². The van der Waals surface area contributed by atoms with Crippen molar-refractivity contribution in [1.82, 2.24) is 5.32 Å². The van der Waals surface area contributed by atoms with Gasteiger partial charge in [0.25, 0.3) is 0 Å². The number of hydrogen-bond donors (Lipinski definition) is 1. The Morgan fingerprint density at radius 2 is 2.26 bits per heavy atom. The van der Waals surface area contributed by atoms with E-state index in [-0.39, 0.29) is 5.97 Å². The monoisotopic (exact) mass is 325 g/mol. The van der Waals surface area contributed by atoms with E-state index in [1.165, 1.54) is 26.4 Å². The van der Waals surface area contributed by atoms with Gasteiger partial charge in [0, 0.05) is 17.1 Å². The Kier molecular flexibility index (Phi) is 4.99. The molecule has 0 aromatic heterocycles. The molecule has 1 aromatic rings. The topological polar surface area (TPSA) is 38.3 Å². The molecule has 0 radical (unpaired) electrons. The van der Waals surface area contributed by atoms with Crippen LogP contribution in [0.5, 0.6) is 0 Å². The van der Waals surface area contributed by atoms with Crippen molar-refractivity contribution < 1.29 is 9.53 Å². The van der Waals surface area contributed by atoms with Crippen LogP contribution < -0.4 is 5.32 Å². The summed E-state index contributed by atoms with van der Waals surface area (Å²) in [5.41, 5.74) is 1.74. The molecule has 1 fully saturated rings. The minimum Gasteiger partial charge on any atom is -0.465 e.